The van der Waals surface area contributed by atoms with Crippen molar-refractivity contribution in [2.24, 2.45) is 0 Å². The van der Waals surface area contributed by atoms with E-state index < -0.39 is 0 Å². The maximum absolute atomic E-state index is 9.25. The topological polar surface area (TPSA) is 105 Å². The first-order valence-corrected chi connectivity index (χ1v) is 5.96. The van der Waals surface area contributed by atoms with E-state index in [1.54, 1.807) is 0 Å². The van der Waals surface area contributed by atoms with Crippen LogP contribution in [0.15, 0.2) is 36.7 Å². The lowest BCUT2D eigenvalue weighted by Crippen LogP contribution is -2.03. The van der Waals surface area contributed by atoms with Gasteiger partial charge in [0.2, 0.25) is 5.95 Å². The Labute approximate surface area is 114 Å². The van der Waals surface area contributed by atoms with Gasteiger partial charge in [-0.1, -0.05) is 30.3 Å². The van der Waals surface area contributed by atoms with Crippen LogP contribution >= 0.6 is 0 Å². The summed E-state index contributed by atoms with van der Waals surface area (Å²) in [5, 5.41) is 16.6. The number of nitrogen functional groups attached to an aromatic ring is 1. The summed E-state index contributed by atoms with van der Waals surface area (Å²) in [6.07, 6.45) is 1.31. The highest BCUT2D eigenvalue weighted by Gasteiger charge is 2.15. The van der Waals surface area contributed by atoms with E-state index in [0.717, 1.165) is 5.56 Å². The van der Waals surface area contributed by atoms with E-state index in [2.05, 4.69) is 26.5 Å². The van der Waals surface area contributed by atoms with Gasteiger partial charge < -0.3 is 11.1 Å². The zero-order chi connectivity index (χ0) is 13.9. The van der Waals surface area contributed by atoms with E-state index in [0.29, 0.717) is 23.6 Å². The second-order valence-electron chi connectivity index (χ2n) is 4.14. The first-order valence-electron chi connectivity index (χ1n) is 5.96. The molecule has 0 unspecified atom stereocenters. The zero-order valence-corrected chi connectivity index (χ0v) is 10.5. The third kappa shape index (κ3) is 1.99. The van der Waals surface area contributed by atoms with E-state index in [-0.39, 0.29) is 5.95 Å². The maximum Gasteiger partial charge on any atom is 0.224 e. The molecular weight excluding hydrogens is 254 g/mol. The van der Waals surface area contributed by atoms with E-state index in [4.69, 9.17) is 5.73 Å². The molecule has 0 amide bonds. The largest absolute Gasteiger partial charge is 0.368 e. The molecule has 7 heteroatoms. The summed E-state index contributed by atoms with van der Waals surface area (Å²) in [4.78, 5) is 7.88. The lowest BCUT2D eigenvalue weighted by atomic mass is 10.2. The van der Waals surface area contributed by atoms with Crippen molar-refractivity contribution in [3.63, 3.8) is 0 Å². The van der Waals surface area contributed by atoms with Gasteiger partial charge in [-0.25, -0.2) is 9.97 Å². The Kier molecular flexibility index (Phi) is 2.89. The molecule has 20 heavy (non-hydrogen) atoms. The van der Waals surface area contributed by atoms with Gasteiger partial charge in [0.1, 0.15) is 18.0 Å². The Balaban J connectivity index is 1.96. The monoisotopic (exact) mass is 265 g/mol. The summed E-state index contributed by atoms with van der Waals surface area (Å²) >= 11 is 0. The molecule has 98 valence electrons. The molecule has 0 saturated carbocycles. The minimum Gasteiger partial charge on any atom is -0.368 e. The fourth-order valence-corrected chi connectivity index (χ4v) is 1.89. The summed E-state index contributed by atoms with van der Waals surface area (Å²) < 4.78 is 1.35. The second kappa shape index (κ2) is 4.85. The van der Waals surface area contributed by atoms with Crippen LogP contribution in [0, 0.1) is 11.3 Å². The normalized spacial score (nSPS) is 10.3. The first-order chi connectivity index (χ1) is 9.79. The Morgan fingerprint density at radius 2 is 2.05 bits per heavy atom. The SMILES string of the molecule is N#Cc1c(NCc2ccccc2)nn2c(N)ncnc12. The number of rotatable bonds is 3. The van der Waals surface area contributed by atoms with Crippen molar-refractivity contribution in [3.8, 4) is 6.07 Å². The number of hydrogen-bond donors (Lipinski definition) is 2. The van der Waals surface area contributed by atoms with Gasteiger partial charge in [0.15, 0.2) is 11.5 Å². The molecule has 0 atom stereocenters. The molecule has 7 nitrogen and oxygen atoms in total. The van der Waals surface area contributed by atoms with Crippen molar-refractivity contribution < 1.29 is 0 Å². The molecule has 0 fully saturated rings. The highest BCUT2D eigenvalue weighted by molar-refractivity contribution is 5.68. The van der Waals surface area contributed by atoms with Gasteiger partial charge in [0.05, 0.1) is 0 Å². The van der Waals surface area contributed by atoms with Crippen molar-refractivity contribution in [1.29, 1.82) is 5.26 Å². The minimum absolute atomic E-state index is 0.194. The highest BCUT2D eigenvalue weighted by Crippen LogP contribution is 2.19. The van der Waals surface area contributed by atoms with Crippen molar-refractivity contribution in [2.45, 2.75) is 6.54 Å². The summed E-state index contributed by atoms with van der Waals surface area (Å²) in [7, 11) is 0. The van der Waals surface area contributed by atoms with E-state index in [1.807, 2.05) is 30.3 Å². The number of hydrogen-bond acceptors (Lipinski definition) is 6. The number of nitriles is 1. The number of anilines is 2. The first kappa shape index (κ1) is 11.9. The third-order valence-corrected chi connectivity index (χ3v) is 2.86. The summed E-state index contributed by atoms with van der Waals surface area (Å²) in [5.41, 5.74) is 7.56. The summed E-state index contributed by atoms with van der Waals surface area (Å²) in [5.74, 6) is 0.641. The number of aromatic nitrogens is 4. The molecule has 0 bridgehead atoms. The van der Waals surface area contributed by atoms with Gasteiger partial charge in [-0.05, 0) is 5.56 Å². The molecule has 2 heterocycles. The molecular formula is C13H11N7. The predicted molar refractivity (Wildman–Crippen MR) is 73.7 cm³/mol. The Morgan fingerprint density at radius 1 is 1.25 bits per heavy atom. The molecule has 0 spiro atoms. The lowest BCUT2D eigenvalue weighted by molar-refractivity contribution is 0.905. The quantitative estimate of drug-likeness (QED) is 0.737. The van der Waals surface area contributed by atoms with E-state index >= 15 is 0 Å². The Bertz CT molecular complexity index is 786. The average molecular weight is 265 g/mol. The van der Waals surface area contributed by atoms with Crippen LogP contribution in [0.4, 0.5) is 11.8 Å². The molecule has 3 N–H and O–H groups in total. The molecule has 0 radical (unpaired) electrons. The van der Waals surface area contributed by atoms with E-state index in [9.17, 15) is 5.26 Å². The maximum atomic E-state index is 9.25. The second-order valence-corrected chi connectivity index (χ2v) is 4.14. The van der Waals surface area contributed by atoms with Crippen molar-refractivity contribution in [2.75, 3.05) is 11.1 Å². The van der Waals surface area contributed by atoms with Crippen LogP contribution in [-0.4, -0.2) is 19.6 Å². The third-order valence-electron chi connectivity index (χ3n) is 2.86. The highest BCUT2D eigenvalue weighted by atomic mass is 15.4. The Hall–Kier alpha value is -3.14. The van der Waals surface area contributed by atoms with Crippen molar-refractivity contribution >= 4 is 17.4 Å². The summed E-state index contributed by atoms with van der Waals surface area (Å²) in [6, 6.07) is 11.9. The van der Waals surface area contributed by atoms with Crippen molar-refractivity contribution in [1.82, 2.24) is 19.6 Å². The fraction of sp³-hybridized carbons (Fsp3) is 0.0769. The summed E-state index contributed by atoms with van der Waals surface area (Å²) in [6.45, 7) is 0.562. The van der Waals surface area contributed by atoms with Crippen LogP contribution in [0.2, 0.25) is 0 Å². The number of nitrogens with zero attached hydrogens (tertiary/aromatic N) is 5. The van der Waals surface area contributed by atoms with Gasteiger partial charge in [-0.2, -0.15) is 9.78 Å². The number of nitrogens with two attached hydrogens (primary N) is 1. The smallest absolute Gasteiger partial charge is 0.224 e. The molecule has 0 saturated heterocycles. The number of nitrogens with one attached hydrogen (secondary N) is 1. The molecule has 0 aliphatic carbocycles. The van der Waals surface area contributed by atoms with Crippen LogP contribution in [0.25, 0.3) is 5.65 Å². The van der Waals surface area contributed by atoms with Crippen molar-refractivity contribution in [3.05, 3.63) is 47.8 Å². The molecule has 2 aromatic heterocycles. The number of benzene rings is 1. The van der Waals surface area contributed by atoms with Crippen LogP contribution in [0.1, 0.15) is 11.1 Å². The molecule has 1 aromatic carbocycles. The van der Waals surface area contributed by atoms with Gasteiger partial charge >= 0.3 is 0 Å². The van der Waals surface area contributed by atoms with Crippen LogP contribution in [-0.2, 0) is 6.54 Å². The molecule has 0 aliphatic rings. The standard InChI is InChI=1S/C13H11N7/c14-6-10-11(16-7-9-4-2-1-3-5-9)19-20-12(10)17-8-18-13(20)15/h1-5,8H,7H2,(H,16,19)(H2,15,17,18). The fourth-order valence-electron chi connectivity index (χ4n) is 1.89. The lowest BCUT2D eigenvalue weighted by Gasteiger charge is -2.02. The van der Waals surface area contributed by atoms with Crippen LogP contribution in [0.5, 0.6) is 0 Å². The van der Waals surface area contributed by atoms with Gasteiger partial charge in [-0.15, -0.1) is 5.10 Å². The Morgan fingerprint density at radius 3 is 2.80 bits per heavy atom. The minimum atomic E-state index is 0.194. The van der Waals surface area contributed by atoms with Gasteiger partial charge in [0, 0.05) is 6.54 Å². The zero-order valence-electron chi connectivity index (χ0n) is 10.5. The molecule has 0 aliphatic heterocycles. The van der Waals surface area contributed by atoms with E-state index in [1.165, 1.54) is 10.8 Å². The van der Waals surface area contributed by atoms with Gasteiger partial charge in [-0.3, -0.25) is 0 Å². The molecule has 3 rings (SSSR count). The van der Waals surface area contributed by atoms with Crippen LogP contribution in [0.3, 0.4) is 0 Å². The van der Waals surface area contributed by atoms with Crippen LogP contribution < -0.4 is 11.1 Å². The molecule has 3 aromatic rings. The van der Waals surface area contributed by atoms with Gasteiger partial charge in [0.25, 0.3) is 0 Å². The average Bonchev–Trinajstić information content (AvgIpc) is 2.85. The number of fused-ring (bicyclic) bond motifs is 1. The predicted octanol–water partition coefficient (Wildman–Crippen LogP) is 1.19.